The molecule has 2 aliphatic carbocycles. The van der Waals surface area contributed by atoms with Crippen LogP contribution in [0, 0.1) is 11.8 Å². The second kappa shape index (κ2) is 4.64. The van der Waals surface area contributed by atoms with Crippen molar-refractivity contribution in [2.45, 2.75) is 31.7 Å². The third-order valence-corrected chi connectivity index (χ3v) is 4.26. The van der Waals surface area contributed by atoms with E-state index in [1.165, 1.54) is 25.3 Å². The summed E-state index contributed by atoms with van der Waals surface area (Å²) in [5.74, 6) is -0.0274. The molecule has 0 spiro atoms. The zero-order chi connectivity index (χ0) is 13.4. The Bertz CT molecular complexity index is 529. The monoisotopic (exact) mass is 260 g/mol. The fraction of sp³-hybridized carbons (Fsp3) is 0.500. The number of fused-ring (bicyclic) bond motifs is 2. The fourth-order valence-electron chi connectivity index (χ4n) is 3.34. The number of carboxylic acids is 1. The Morgan fingerprint density at radius 2 is 2.00 bits per heavy atom. The first-order valence-corrected chi connectivity index (χ1v) is 6.64. The number of nitrogens with zero attached hydrogens (tertiary/aromatic N) is 1. The number of carboxylic acid groups (broad SMARTS) is 1. The zero-order valence-corrected chi connectivity index (χ0v) is 10.5. The summed E-state index contributed by atoms with van der Waals surface area (Å²) in [7, 11) is 0. The first-order chi connectivity index (χ1) is 9.13. The van der Waals surface area contributed by atoms with Crippen LogP contribution in [0.5, 0.6) is 0 Å². The molecule has 0 aromatic carbocycles. The van der Waals surface area contributed by atoms with Gasteiger partial charge in [-0.3, -0.25) is 4.79 Å². The molecule has 0 unspecified atom stereocenters. The summed E-state index contributed by atoms with van der Waals surface area (Å²) in [6.07, 6.45) is 4.74. The summed E-state index contributed by atoms with van der Waals surface area (Å²) in [6.45, 7) is 0. The lowest BCUT2D eigenvalue weighted by Crippen LogP contribution is -2.38. The molecule has 0 aliphatic heterocycles. The molecule has 2 aliphatic rings. The Morgan fingerprint density at radius 3 is 2.63 bits per heavy atom. The predicted molar refractivity (Wildman–Crippen MR) is 67.9 cm³/mol. The van der Waals surface area contributed by atoms with E-state index >= 15 is 0 Å². The van der Waals surface area contributed by atoms with Gasteiger partial charge in [0.25, 0.3) is 5.91 Å². The highest BCUT2D eigenvalue weighted by Crippen LogP contribution is 2.44. The van der Waals surface area contributed by atoms with E-state index in [9.17, 15) is 9.59 Å². The van der Waals surface area contributed by atoms with Gasteiger partial charge in [0.15, 0.2) is 0 Å². The Kier molecular flexibility index (Phi) is 2.97. The molecule has 1 aromatic rings. The van der Waals surface area contributed by atoms with Gasteiger partial charge in [0.05, 0.1) is 0 Å². The summed E-state index contributed by atoms with van der Waals surface area (Å²) >= 11 is 0. The van der Waals surface area contributed by atoms with Gasteiger partial charge < -0.3 is 10.4 Å². The molecular formula is C14H16N2O3. The maximum atomic E-state index is 12.1. The molecule has 0 saturated heterocycles. The summed E-state index contributed by atoms with van der Waals surface area (Å²) in [4.78, 5) is 26.8. The van der Waals surface area contributed by atoms with Crippen molar-refractivity contribution in [1.29, 1.82) is 0 Å². The number of amides is 1. The molecule has 1 aromatic heterocycles. The SMILES string of the molecule is O=C(O)c1cccc(C(=O)N[C@H]2C[C@@H]3CC[C@H]2C3)n1. The molecule has 19 heavy (non-hydrogen) atoms. The second-order valence-electron chi connectivity index (χ2n) is 5.47. The number of carbonyl (C=O) groups is 2. The van der Waals surface area contributed by atoms with Crippen molar-refractivity contribution in [2.75, 3.05) is 0 Å². The number of pyridine rings is 1. The first-order valence-electron chi connectivity index (χ1n) is 6.64. The third kappa shape index (κ3) is 2.32. The van der Waals surface area contributed by atoms with Gasteiger partial charge >= 0.3 is 5.97 Å². The van der Waals surface area contributed by atoms with Crippen LogP contribution in [0.2, 0.25) is 0 Å². The highest BCUT2D eigenvalue weighted by molar-refractivity contribution is 5.94. The Morgan fingerprint density at radius 1 is 1.21 bits per heavy atom. The number of hydrogen-bond acceptors (Lipinski definition) is 3. The van der Waals surface area contributed by atoms with Crippen molar-refractivity contribution in [1.82, 2.24) is 10.3 Å². The van der Waals surface area contributed by atoms with E-state index in [0.717, 1.165) is 12.3 Å². The molecule has 3 atom stereocenters. The largest absolute Gasteiger partial charge is 0.477 e. The van der Waals surface area contributed by atoms with Crippen molar-refractivity contribution in [3.05, 3.63) is 29.6 Å². The second-order valence-corrected chi connectivity index (χ2v) is 5.47. The van der Waals surface area contributed by atoms with Gasteiger partial charge in [0.1, 0.15) is 11.4 Å². The van der Waals surface area contributed by atoms with E-state index < -0.39 is 5.97 Å². The quantitative estimate of drug-likeness (QED) is 0.867. The van der Waals surface area contributed by atoms with E-state index in [1.54, 1.807) is 12.1 Å². The number of aromatic nitrogens is 1. The van der Waals surface area contributed by atoms with Crippen LogP contribution in [0.1, 0.15) is 46.7 Å². The average Bonchev–Trinajstić information content (AvgIpc) is 3.01. The summed E-state index contributed by atoms with van der Waals surface area (Å²) < 4.78 is 0. The maximum Gasteiger partial charge on any atom is 0.354 e. The zero-order valence-electron chi connectivity index (χ0n) is 10.5. The Labute approximate surface area is 111 Å². The van der Waals surface area contributed by atoms with Crippen molar-refractivity contribution >= 4 is 11.9 Å². The number of aromatic carboxylic acids is 1. The molecule has 100 valence electrons. The minimum Gasteiger partial charge on any atom is -0.477 e. The van der Waals surface area contributed by atoms with Gasteiger partial charge in [0, 0.05) is 6.04 Å². The minimum absolute atomic E-state index is 0.0967. The molecule has 1 heterocycles. The van der Waals surface area contributed by atoms with Gasteiger partial charge in [-0.05, 0) is 43.2 Å². The number of hydrogen-bond donors (Lipinski definition) is 2. The Hall–Kier alpha value is -1.91. The number of carbonyl (C=O) groups excluding carboxylic acids is 1. The van der Waals surface area contributed by atoms with E-state index in [2.05, 4.69) is 10.3 Å². The average molecular weight is 260 g/mol. The smallest absolute Gasteiger partial charge is 0.354 e. The molecule has 1 amide bonds. The van der Waals surface area contributed by atoms with Gasteiger partial charge in [-0.25, -0.2) is 9.78 Å². The first kappa shape index (κ1) is 12.1. The summed E-state index contributed by atoms with van der Waals surface area (Å²) in [5.41, 5.74) is 0.0864. The lowest BCUT2D eigenvalue weighted by atomic mass is 9.95. The molecule has 2 N–H and O–H groups in total. The predicted octanol–water partition coefficient (Wildman–Crippen LogP) is 1.70. The molecule has 2 saturated carbocycles. The number of nitrogens with one attached hydrogen (secondary N) is 1. The lowest BCUT2D eigenvalue weighted by molar-refractivity contribution is 0.0690. The van der Waals surface area contributed by atoms with Gasteiger partial charge in [-0.15, -0.1) is 0 Å². The molecule has 5 nitrogen and oxygen atoms in total. The summed E-state index contributed by atoms with van der Waals surface area (Å²) in [5, 5.41) is 11.9. The highest BCUT2D eigenvalue weighted by atomic mass is 16.4. The molecule has 5 heteroatoms. The minimum atomic E-state index is -1.12. The number of rotatable bonds is 3. The van der Waals surface area contributed by atoms with Crippen molar-refractivity contribution in [3.8, 4) is 0 Å². The van der Waals surface area contributed by atoms with Crippen molar-refractivity contribution < 1.29 is 14.7 Å². The normalized spacial score (nSPS) is 28.3. The van der Waals surface area contributed by atoms with Gasteiger partial charge in [-0.2, -0.15) is 0 Å². The molecule has 2 fully saturated rings. The molecule has 3 rings (SSSR count). The standard InChI is InChI=1S/C14H16N2O3/c17-13(10-2-1-3-11(15-10)14(18)19)16-12-7-8-4-5-9(12)6-8/h1-3,8-9,12H,4-7H2,(H,16,17)(H,18,19)/t8-,9+,12+/m1/s1. The lowest BCUT2D eigenvalue weighted by Gasteiger charge is -2.22. The van der Waals surface area contributed by atoms with Crippen LogP contribution in [0.15, 0.2) is 18.2 Å². The van der Waals surface area contributed by atoms with Crippen molar-refractivity contribution in [2.24, 2.45) is 11.8 Å². The van der Waals surface area contributed by atoms with Gasteiger partial charge in [0.2, 0.25) is 0 Å². The van der Waals surface area contributed by atoms with Crippen LogP contribution in [0.3, 0.4) is 0 Å². The van der Waals surface area contributed by atoms with Crippen LogP contribution in [-0.2, 0) is 0 Å². The van der Waals surface area contributed by atoms with Crippen LogP contribution < -0.4 is 5.32 Å². The molecule has 2 bridgehead atoms. The third-order valence-electron chi connectivity index (χ3n) is 4.26. The van der Waals surface area contributed by atoms with E-state index in [4.69, 9.17) is 5.11 Å². The van der Waals surface area contributed by atoms with E-state index in [0.29, 0.717) is 5.92 Å². The van der Waals surface area contributed by atoms with Crippen molar-refractivity contribution in [3.63, 3.8) is 0 Å². The summed E-state index contributed by atoms with van der Waals surface area (Å²) in [6, 6.07) is 4.72. The Balaban J connectivity index is 1.70. The van der Waals surface area contributed by atoms with Gasteiger partial charge in [-0.1, -0.05) is 12.5 Å². The molecule has 0 radical (unpaired) electrons. The van der Waals surface area contributed by atoms with Crippen LogP contribution in [0.25, 0.3) is 0 Å². The molecular weight excluding hydrogens is 244 g/mol. The fourth-order valence-corrected chi connectivity index (χ4v) is 3.34. The maximum absolute atomic E-state index is 12.1. The highest BCUT2D eigenvalue weighted by Gasteiger charge is 2.40. The van der Waals surface area contributed by atoms with E-state index in [-0.39, 0.29) is 23.3 Å². The van der Waals surface area contributed by atoms with Crippen LogP contribution >= 0.6 is 0 Å². The van der Waals surface area contributed by atoms with Crippen LogP contribution in [-0.4, -0.2) is 28.0 Å². The van der Waals surface area contributed by atoms with E-state index in [1.807, 2.05) is 0 Å². The van der Waals surface area contributed by atoms with Crippen LogP contribution in [0.4, 0.5) is 0 Å². The topological polar surface area (TPSA) is 79.3 Å².